The average molecular weight is 510 g/mol. The highest BCUT2D eigenvalue weighted by Crippen LogP contribution is 2.26. The second kappa shape index (κ2) is 10.8. The number of carbonyl (C=O) groups is 2. The summed E-state index contributed by atoms with van der Waals surface area (Å²) in [5, 5.41) is 10.5. The van der Waals surface area contributed by atoms with Crippen LogP contribution >= 0.6 is 23.1 Å². The summed E-state index contributed by atoms with van der Waals surface area (Å²) in [6, 6.07) is 29.2. The van der Waals surface area contributed by atoms with Gasteiger partial charge in [-0.2, -0.15) is 0 Å². The number of nitrogens with zero attached hydrogens (tertiary/aromatic N) is 1. The summed E-state index contributed by atoms with van der Waals surface area (Å²) >= 11 is 2.81. The molecule has 0 aliphatic carbocycles. The van der Waals surface area contributed by atoms with Gasteiger partial charge >= 0.3 is 0 Å². The maximum Gasteiger partial charge on any atom is 0.255 e. The minimum absolute atomic E-state index is 0.129. The molecule has 0 saturated heterocycles. The van der Waals surface area contributed by atoms with Crippen molar-refractivity contribution in [3.05, 3.63) is 108 Å². The van der Waals surface area contributed by atoms with Crippen LogP contribution in [0.5, 0.6) is 0 Å². The van der Waals surface area contributed by atoms with Crippen molar-refractivity contribution in [2.45, 2.75) is 11.8 Å². The Morgan fingerprint density at radius 1 is 0.861 bits per heavy atom. The van der Waals surface area contributed by atoms with Gasteiger partial charge in [0.15, 0.2) is 5.13 Å². The lowest BCUT2D eigenvalue weighted by Crippen LogP contribution is -2.14. The molecule has 0 aliphatic rings. The van der Waals surface area contributed by atoms with E-state index in [1.165, 1.54) is 28.7 Å². The number of rotatable bonds is 7. The Balaban J connectivity index is 1.17. The lowest BCUT2D eigenvalue weighted by molar-refractivity contribution is -0.113. The SMILES string of the molecule is Cc1ccc(-c2csc(NC(=O)CSc3cccc(NC(=O)c4ccc5ccccc5c4)c3)n2)cc1. The van der Waals surface area contributed by atoms with Crippen LogP contribution in [0, 0.1) is 6.92 Å². The minimum atomic E-state index is -0.172. The Labute approximate surface area is 217 Å². The molecular weight excluding hydrogens is 486 g/mol. The van der Waals surface area contributed by atoms with Crippen LogP contribution in [0.3, 0.4) is 0 Å². The summed E-state index contributed by atoms with van der Waals surface area (Å²) in [6.07, 6.45) is 0. The van der Waals surface area contributed by atoms with Gasteiger partial charge < -0.3 is 10.6 Å². The highest BCUT2D eigenvalue weighted by atomic mass is 32.2. The van der Waals surface area contributed by atoms with Gasteiger partial charge in [-0.25, -0.2) is 4.98 Å². The fourth-order valence-corrected chi connectivity index (χ4v) is 5.18. The van der Waals surface area contributed by atoms with Crippen molar-refractivity contribution in [3.8, 4) is 11.3 Å². The summed E-state index contributed by atoms with van der Waals surface area (Å²) in [4.78, 5) is 30.7. The Hall–Kier alpha value is -3.94. The molecule has 5 nitrogen and oxygen atoms in total. The van der Waals surface area contributed by atoms with Gasteiger partial charge in [0, 0.05) is 27.1 Å². The highest BCUT2D eigenvalue weighted by Gasteiger charge is 2.11. The zero-order valence-electron chi connectivity index (χ0n) is 19.5. The summed E-state index contributed by atoms with van der Waals surface area (Å²) in [7, 11) is 0. The number of carbonyl (C=O) groups excluding carboxylic acids is 2. The molecule has 2 amide bonds. The predicted octanol–water partition coefficient (Wildman–Crippen LogP) is 7.25. The van der Waals surface area contributed by atoms with Gasteiger partial charge in [0.05, 0.1) is 11.4 Å². The first-order valence-corrected chi connectivity index (χ1v) is 13.3. The van der Waals surface area contributed by atoms with Crippen molar-refractivity contribution in [2.24, 2.45) is 0 Å². The highest BCUT2D eigenvalue weighted by molar-refractivity contribution is 8.00. The van der Waals surface area contributed by atoms with Crippen molar-refractivity contribution in [2.75, 3.05) is 16.4 Å². The van der Waals surface area contributed by atoms with Crippen LogP contribution in [0.4, 0.5) is 10.8 Å². The quantitative estimate of drug-likeness (QED) is 0.227. The lowest BCUT2D eigenvalue weighted by Gasteiger charge is -2.08. The summed E-state index contributed by atoms with van der Waals surface area (Å²) in [6.45, 7) is 2.04. The monoisotopic (exact) mass is 509 g/mol. The number of anilines is 2. The normalized spacial score (nSPS) is 10.8. The number of hydrogen-bond donors (Lipinski definition) is 2. The molecule has 0 saturated carbocycles. The van der Waals surface area contributed by atoms with E-state index in [-0.39, 0.29) is 17.6 Å². The van der Waals surface area contributed by atoms with Gasteiger partial charge in [0.25, 0.3) is 5.91 Å². The van der Waals surface area contributed by atoms with E-state index < -0.39 is 0 Å². The van der Waals surface area contributed by atoms with Gasteiger partial charge in [0.1, 0.15) is 0 Å². The van der Waals surface area contributed by atoms with Crippen LogP contribution < -0.4 is 10.6 Å². The molecule has 1 aromatic heterocycles. The van der Waals surface area contributed by atoms with E-state index in [1.807, 2.05) is 103 Å². The number of aryl methyl sites for hydroxylation is 1. The molecule has 7 heteroatoms. The van der Waals surface area contributed by atoms with Crippen molar-refractivity contribution in [3.63, 3.8) is 0 Å². The topological polar surface area (TPSA) is 71.1 Å². The molecule has 178 valence electrons. The molecule has 0 aliphatic heterocycles. The average Bonchev–Trinajstić information content (AvgIpc) is 3.36. The molecule has 0 atom stereocenters. The van der Waals surface area contributed by atoms with Crippen molar-refractivity contribution in [1.82, 2.24) is 4.98 Å². The minimum Gasteiger partial charge on any atom is -0.322 e. The van der Waals surface area contributed by atoms with Crippen LogP contribution in [-0.4, -0.2) is 22.6 Å². The Morgan fingerprint density at radius 3 is 2.50 bits per heavy atom. The van der Waals surface area contributed by atoms with E-state index in [4.69, 9.17) is 0 Å². The lowest BCUT2D eigenvalue weighted by atomic mass is 10.1. The molecule has 0 spiro atoms. The summed E-state index contributed by atoms with van der Waals surface area (Å²) in [5.41, 5.74) is 4.34. The number of nitrogens with one attached hydrogen (secondary N) is 2. The smallest absolute Gasteiger partial charge is 0.255 e. The number of fused-ring (bicyclic) bond motifs is 1. The fraction of sp³-hybridized carbons (Fsp3) is 0.0690. The van der Waals surface area contributed by atoms with E-state index in [0.29, 0.717) is 16.4 Å². The molecular formula is C29H23N3O2S2. The van der Waals surface area contributed by atoms with E-state index in [0.717, 1.165) is 26.9 Å². The second-order valence-corrected chi connectivity index (χ2v) is 10.2. The van der Waals surface area contributed by atoms with E-state index >= 15 is 0 Å². The third-order valence-electron chi connectivity index (χ3n) is 5.57. The van der Waals surface area contributed by atoms with Crippen molar-refractivity contribution < 1.29 is 9.59 Å². The number of thiazole rings is 1. The number of benzene rings is 4. The van der Waals surface area contributed by atoms with E-state index in [2.05, 4.69) is 15.6 Å². The van der Waals surface area contributed by atoms with Crippen LogP contribution in [0.2, 0.25) is 0 Å². The fourth-order valence-electron chi connectivity index (χ4n) is 3.69. The molecule has 0 bridgehead atoms. The number of amides is 2. The molecule has 5 rings (SSSR count). The number of aromatic nitrogens is 1. The maximum absolute atomic E-state index is 12.8. The van der Waals surface area contributed by atoms with Gasteiger partial charge in [0.2, 0.25) is 5.91 Å². The molecule has 0 unspecified atom stereocenters. The van der Waals surface area contributed by atoms with E-state index in [1.54, 1.807) is 0 Å². The molecule has 5 aromatic rings. The molecule has 36 heavy (non-hydrogen) atoms. The molecule has 4 aromatic carbocycles. The Kier molecular flexibility index (Phi) is 7.11. The van der Waals surface area contributed by atoms with Crippen molar-refractivity contribution in [1.29, 1.82) is 0 Å². The van der Waals surface area contributed by atoms with Crippen LogP contribution in [0.15, 0.2) is 101 Å². The summed E-state index contributed by atoms with van der Waals surface area (Å²) in [5.74, 6) is -0.0640. The van der Waals surface area contributed by atoms with Crippen LogP contribution in [-0.2, 0) is 4.79 Å². The first-order chi connectivity index (χ1) is 17.5. The van der Waals surface area contributed by atoms with E-state index in [9.17, 15) is 9.59 Å². The van der Waals surface area contributed by atoms with Gasteiger partial charge in [-0.05, 0) is 48.0 Å². The maximum atomic E-state index is 12.8. The third kappa shape index (κ3) is 5.82. The van der Waals surface area contributed by atoms with Crippen molar-refractivity contribution >= 4 is 56.5 Å². The predicted molar refractivity (Wildman–Crippen MR) is 150 cm³/mol. The van der Waals surface area contributed by atoms with Gasteiger partial charge in [-0.3, -0.25) is 9.59 Å². The zero-order chi connectivity index (χ0) is 24.9. The molecule has 0 radical (unpaired) electrons. The van der Waals surface area contributed by atoms with Gasteiger partial charge in [-0.15, -0.1) is 23.1 Å². The standard InChI is InChI=1S/C29H23N3O2S2/c1-19-9-11-21(12-10-19)26-17-36-29(31-26)32-27(33)18-35-25-8-4-7-24(16-25)30-28(34)23-14-13-20-5-2-3-6-22(20)15-23/h2-17H,18H2,1H3,(H,30,34)(H,31,32,33). The zero-order valence-corrected chi connectivity index (χ0v) is 21.2. The molecule has 2 N–H and O–H groups in total. The Bertz CT molecular complexity index is 1540. The third-order valence-corrected chi connectivity index (χ3v) is 7.32. The Morgan fingerprint density at radius 2 is 1.67 bits per heavy atom. The summed E-state index contributed by atoms with van der Waals surface area (Å²) < 4.78 is 0. The molecule has 0 fully saturated rings. The number of thioether (sulfide) groups is 1. The number of hydrogen-bond acceptors (Lipinski definition) is 5. The molecule has 1 heterocycles. The van der Waals surface area contributed by atoms with Gasteiger partial charge in [-0.1, -0.05) is 66.2 Å². The largest absolute Gasteiger partial charge is 0.322 e. The first kappa shape index (κ1) is 23.8. The van der Waals surface area contributed by atoms with Crippen LogP contribution in [0.1, 0.15) is 15.9 Å². The first-order valence-electron chi connectivity index (χ1n) is 11.4. The second-order valence-electron chi connectivity index (χ2n) is 8.28. The van der Waals surface area contributed by atoms with Crippen LogP contribution in [0.25, 0.3) is 22.0 Å².